The average Bonchev–Trinajstić information content (AvgIpc) is 3.10. The minimum Gasteiger partial charge on any atom is -0.497 e. The largest absolute Gasteiger partial charge is 0.497 e. The van der Waals surface area contributed by atoms with E-state index in [0.29, 0.717) is 29.7 Å². The lowest BCUT2D eigenvalue weighted by Gasteiger charge is -2.31. The van der Waals surface area contributed by atoms with E-state index in [4.69, 9.17) is 9.47 Å². The van der Waals surface area contributed by atoms with Gasteiger partial charge in [-0.25, -0.2) is 14.2 Å². The van der Waals surface area contributed by atoms with E-state index < -0.39 is 0 Å². The number of methoxy groups -OCH3 is 1. The first-order chi connectivity index (χ1) is 13.6. The van der Waals surface area contributed by atoms with E-state index in [-0.39, 0.29) is 18.0 Å². The summed E-state index contributed by atoms with van der Waals surface area (Å²) in [5, 5.41) is 3.44. The summed E-state index contributed by atoms with van der Waals surface area (Å²) in [6.07, 6.45) is 1.43. The van der Waals surface area contributed by atoms with Gasteiger partial charge < -0.3 is 19.7 Å². The molecular weight excluding hydrogens is 381 g/mol. The van der Waals surface area contributed by atoms with Gasteiger partial charge in [-0.05, 0) is 30.3 Å². The molecule has 1 aliphatic heterocycles. The first kappa shape index (κ1) is 18.5. The SMILES string of the molecule is COc1cccc(NC(=O)N2CCC(Oc3nc4ccc(F)cc4s3)CC2)c1. The van der Waals surface area contributed by atoms with Crippen LogP contribution in [0.4, 0.5) is 14.9 Å². The third kappa shape index (κ3) is 4.17. The summed E-state index contributed by atoms with van der Waals surface area (Å²) in [4.78, 5) is 18.6. The van der Waals surface area contributed by atoms with Gasteiger partial charge in [0.15, 0.2) is 0 Å². The van der Waals surface area contributed by atoms with Crippen molar-refractivity contribution in [2.75, 3.05) is 25.5 Å². The number of urea groups is 1. The molecule has 8 heteroatoms. The third-order valence-corrected chi connectivity index (χ3v) is 5.56. The molecule has 0 atom stereocenters. The van der Waals surface area contributed by atoms with Crippen molar-refractivity contribution in [1.82, 2.24) is 9.88 Å². The molecule has 146 valence electrons. The molecule has 0 bridgehead atoms. The molecule has 1 aromatic heterocycles. The van der Waals surface area contributed by atoms with E-state index in [1.165, 1.54) is 23.5 Å². The van der Waals surface area contributed by atoms with Crippen molar-refractivity contribution < 1.29 is 18.7 Å². The number of piperidine rings is 1. The summed E-state index contributed by atoms with van der Waals surface area (Å²) >= 11 is 1.34. The number of halogens is 1. The van der Waals surface area contributed by atoms with E-state index in [1.807, 2.05) is 18.2 Å². The predicted molar refractivity (Wildman–Crippen MR) is 107 cm³/mol. The van der Waals surface area contributed by atoms with E-state index in [1.54, 1.807) is 24.1 Å². The first-order valence-electron chi connectivity index (χ1n) is 9.03. The van der Waals surface area contributed by atoms with Crippen LogP contribution in [-0.4, -0.2) is 42.2 Å². The maximum absolute atomic E-state index is 13.3. The quantitative estimate of drug-likeness (QED) is 0.698. The number of carbonyl (C=O) groups is 1. The van der Waals surface area contributed by atoms with Gasteiger partial charge >= 0.3 is 6.03 Å². The predicted octanol–water partition coefficient (Wildman–Crippen LogP) is 4.52. The van der Waals surface area contributed by atoms with Crippen LogP contribution in [0.1, 0.15) is 12.8 Å². The summed E-state index contributed by atoms with van der Waals surface area (Å²) in [7, 11) is 1.59. The number of rotatable bonds is 4. The standard InChI is InChI=1S/C20H20FN3O3S/c1-26-16-4-2-3-14(12-16)22-19(25)24-9-7-15(8-10-24)27-20-23-17-6-5-13(21)11-18(17)28-20/h2-6,11-12,15H,7-10H2,1H3,(H,22,25). The highest BCUT2D eigenvalue weighted by Gasteiger charge is 2.25. The van der Waals surface area contributed by atoms with Crippen molar-refractivity contribution in [3.63, 3.8) is 0 Å². The highest BCUT2D eigenvalue weighted by molar-refractivity contribution is 7.20. The van der Waals surface area contributed by atoms with Crippen LogP contribution in [0.5, 0.6) is 10.9 Å². The molecular formula is C20H20FN3O3S. The fraction of sp³-hybridized carbons (Fsp3) is 0.300. The number of amides is 2. The van der Waals surface area contributed by atoms with Crippen molar-refractivity contribution in [3.05, 3.63) is 48.3 Å². The monoisotopic (exact) mass is 401 g/mol. The topological polar surface area (TPSA) is 63.7 Å². The number of anilines is 1. The minimum absolute atomic E-state index is 0.00808. The molecule has 1 saturated heterocycles. The third-order valence-electron chi connectivity index (χ3n) is 4.65. The van der Waals surface area contributed by atoms with Crippen LogP contribution in [0.15, 0.2) is 42.5 Å². The van der Waals surface area contributed by atoms with Crippen LogP contribution in [0.3, 0.4) is 0 Å². The Morgan fingerprint density at radius 3 is 2.86 bits per heavy atom. The molecule has 0 unspecified atom stereocenters. The van der Waals surface area contributed by atoms with Crippen molar-refractivity contribution >= 4 is 33.3 Å². The second-order valence-electron chi connectivity index (χ2n) is 6.56. The smallest absolute Gasteiger partial charge is 0.321 e. The molecule has 1 fully saturated rings. The summed E-state index contributed by atoms with van der Waals surface area (Å²) in [6.45, 7) is 1.19. The number of ether oxygens (including phenoxy) is 2. The Morgan fingerprint density at radius 1 is 1.25 bits per heavy atom. The molecule has 0 aliphatic carbocycles. The van der Waals surface area contributed by atoms with Crippen molar-refractivity contribution in [3.8, 4) is 10.9 Å². The Labute approximate surface area is 165 Å². The second kappa shape index (κ2) is 8.02. The van der Waals surface area contributed by atoms with E-state index in [9.17, 15) is 9.18 Å². The summed E-state index contributed by atoms with van der Waals surface area (Å²) in [5.74, 6) is 0.415. The lowest BCUT2D eigenvalue weighted by Crippen LogP contribution is -2.43. The molecule has 3 aromatic rings. The average molecular weight is 401 g/mol. The Hall–Kier alpha value is -2.87. The molecule has 1 aliphatic rings. The molecule has 6 nitrogen and oxygen atoms in total. The molecule has 0 spiro atoms. The maximum Gasteiger partial charge on any atom is 0.321 e. The van der Waals surface area contributed by atoms with Crippen LogP contribution in [0, 0.1) is 5.82 Å². The first-order valence-corrected chi connectivity index (χ1v) is 9.85. The molecule has 0 radical (unpaired) electrons. The van der Waals surface area contributed by atoms with E-state index >= 15 is 0 Å². The van der Waals surface area contributed by atoms with Gasteiger partial charge in [0.1, 0.15) is 17.7 Å². The number of nitrogens with zero attached hydrogens (tertiary/aromatic N) is 2. The molecule has 28 heavy (non-hydrogen) atoms. The Balaban J connectivity index is 1.31. The van der Waals surface area contributed by atoms with E-state index in [0.717, 1.165) is 23.1 Å². The zero-order valence-corrected chi connectivity index (χ0v) is 16.2. The van der Waals surface area contributed by atoms with Gasteiger partial charge in [-0.3, -0.25) is 0 Å². The Bertz CT molecular complexity index is 986. The highest BCUT2D eigenvalue weighted by atomic mass is 32.1. The van der Waals surface area contributed by atoms with Crippen LogP contribution < -0.4 is 14.8 Å². The number of hydrogen-bond donors (Lipinski definition) is 1. The van der Waals surface area contributed by atoms with Crippen LogP contribution in [0.25, 0.3) is 10.2 Å². The number of likely N-dealkylation sites (tertiary alicyclic amines) is 1. The zero-order valence-electron chi connectivity index (χ0n) is 15.4. The fourth-order valence-electron chi connectivity index (χ4n) is 3.15. The van der Waals surface area contributed by atoms with Crippen molar-refractivity contribution in [2.45, 2.75) is 18.9 Å². The molecule has 4 rings (SSSR count). The number of nitrogens with one attached hydrogen (secondary N) is 1. The Morgan fingerprint density at radius 2 is 2.07 bits per heavy atom. The number of thiazole rings is 1. The minimum atomic E-state index is -0.280. The molecule has 2 heterocycles. The highest BCUT2D eigenvalue weighted by Crippen LogP contribution is 2.30. The van der Waals surface area contributed by atoms with Crippen LogP contribution in [0.2, 0.25) is 0 Å². The normalized spacial score (nSPS) is 14.9. The van der Waals surface area contributed by atoms with Gasteiger partial charge in [0.05, 0.1) is 17.3 Å². The number of carbonyl (C=O) groups excluding carboxylic acids is 1. The summed E-state index contributed by atoms with van der Waals surface area (Å²) in [6, 6.07) is 11.6. The number of aromatic nitrogens is 1. The van der Waals surface area contributed by atoms with Gasteiger partial charge in [-0.1, -0.05) is 17.4 Å². The lowest BCUT2D eigenvalue weighted by molar-refractivity contribution is 0.115. The molecule has 0 saturated carbocycles. The Kier molecular flexibility index (Phi) is 5.29. The maximum atomic E-state index is 13.3. The van der Waals surface area contributed by atoms with Gasteiger partial charge in [-0.2, -0.15) is 0 Å². The number of fused-ring (bicyclic) bond motifs is 1. The molecule has 1 N–H and O–H groups in total. The zero-order chi connectivity index (χ0) is 19.5. The van der Waals surface area contributed by atoms with Gasteiger partial charge in [0.25, 0.3) is 5.19 Å². The molecule has 2 amide bonds. The second-order valence-corrected chi connectivity index (χ2v) is 7.55. The van der Waals surface area contributed by atoms with Crippen molar-refractivity contribution in [1.29, 1.82) is 0 Å². The van der Waals surface area contributed by atoms with Crippen LogP contribution in [-0.2, 0) is 0 Å². The van der Waals surface area contributed by atoms with Gasteiger partial charge in [-0.15, -0.1) is 0 Å². The fourth-order valence-corrected chi connectivity index (χ4v) is 4.06. The van der Waals surface area contributed by atoms with Gasteiger partial charge in [0, 0.05) is 37.7 Å². The van der Waals surface area contributed by atoms with Crippen LogP contribution >= 0.6 is 11.3 Å². The summed E-state index contributed by atoms with van der Waals surface area (Å²) < 4.78 is 25.2. The molecule has 2 aromatic carbocycles. The van der Waals surface area contributed by atoms with Gasteiger partial charge in [0.2, 0.25) is 0 Å². The lowest BCUT2D eigenvalue weighted by atomic mass is 10.1. The van der Waals surface area contributed by atoms with E-state index in [2.05, 4.69) is 10.3 Å². The number of hydrogen-bond acceptors (Lipinski definition) is 5. The summed E-state index contributed by atoms with van der Waals surface area (Å²) in [5.41, 5.74) is 1.43. The van der Waals surface area contributed by atoms with Crippen molar-refractivity contribution in [2.24, 2.45) is 0 Å². The number of benzene rings is 2.